The van der Waals surface area contributed by atoms with Crippen molar-refractivity contribution in [1.82, 2.24) is 9.88 Å². The summed E-state index contributed by atoms with van der Waals surface area (Å²) in [6.07, 6.45) is 3.58. The third-order valence-electron chi connectivity index (χ3n) is 3.77. The van der Waals surface area contributed by atoms with Crippen LogP contribution in [0.4, 0.5) is 0 Å². The van der Waals surface area contributed by atoms with Crippen LogP contribution in [-0.4, -0.2) is 40.2 Å². The molecule has 1 unspecified atom stereocenters. The number of carbonyl (C=O) groups is 2. The number of thioether (sulfide) groups is 1. The Bertz CT molecular complexity index is 741. The Morgan fingerprint density at radius 1 is 1.26 bits per heavy atom. The van der Waals surface area contributed by atoms with E-state index in [1.807, 2.05) is 31.2 Å². The van der Waals surface area contributed by atoms with E-state index in [9.17, 15) is 9.59 Å². The molecule has 1 atom stereocenters. The van der Waals surface area contributed by atoms with Gasteiger partial charge >= 0.3 is 5.97 Å². The molecule has 0 aliphatic heterocycles. The van der Waals surface area contributed by atoms with Crippen molar-refractivity contribution < 1.29 is 14.3 Å². The molecular weight excluding hydrogens is 384 g/mol. The third-order valence-corrected chi connectivity index (χ3v) is 5.12. The molecule has 5 nitrogen and oxygen atoms in total. The maximum absolute atomic E-state index is 13.0. The lowest BCUT2D eigenvalue weighted by Gasteiger charge is -2.25. The number of nitrogens with zero attached hydrogens (tertiary/aromatic N) is 2. The van der Waals surface area contributed by atoms with Gasteiger partial charge in [-0.2, -0.15) is 0 Å². The lowest BCUT2D eigenvalue weighted by atomic mass is 10.2. The SMILES string of the molecule is CCOC(=O)CCN(Cc1cccnc1)C(=O)C(C)Sc1ccc(Cl)cc1. The van der Waals surface area contributed by atoms with Crippen LogP contribution in [0.3, 0.4) is 0 Å². The summed E-state index contributed by atoms with van der Waals surface area (Å²) in [5, 5.41) is 0.357. The van der Waals surface area contributed by atoms with Gasteiger partial charge in [0, 0.05) is 35.4 Å². The van der Waals surface area contributed by atoms with Crippen molar-refractivity contribution in [1.29, 1.82) is 0 Å². The average molecular weight is 407 g/mol. The van der Waals surface area contributed by atoms with Crippen molar-refractivity contribution in [3.05, 3.63) is 59.4 Å². The van der Waals surface area contributed by atoms with Crippen LogP contribution in [0.1, 0.15) is 25.8 Å². The molecule has 1 amide bonds. The summed E-state index contributed by atoms with van der Waals surface area (Å²) in [7, 11) is 0. The summed E-state index contributed by atoms with van der Waals surface area (Å²) >= 11 is 7.38. The van der Waals surface area contributed by atoms with Crippen molar-refractivity contribution in [2.75, 3.05) is 13.2 Å². The van der Waals surface area contributed by atoms with E-state index in [1.54, 1.807) is 36.4 Å². The number of hydrogen-bond donors (Lipinski definition) is 0. The first kappa shape index (κ1) is 21.3. The Morgan fingerprint density at radius 2 is 2.00 bits per heavy atom. The molecular formula is C20H23ClN2O3S. The highest BCUT2D eigenvalue weighted by Gasteiger charge is 2.22. The zero-order valence-electron chi connectivity index (χ0n) is 15.4. The Hall–Kier alpha value is -2.05. The topological polar surface area (TPSA) is 59.5 Å². The zero-order valence-corrected chi connectivity index (χ0v) is 17.0. The molecule has 0 saturated heterocycles. The lowest BCUT2D eigenvalue weighted by Crippen LogP contribution is -2.37. The van der Waals surface area contributed by atoms with Gasteiger partial charge in [-0.05, 0) is 49.7 Å². The lowest BCUT2D eigenvalue weighted by molar-refractivity contribution is -0.144. The Morgan fingerprint density at radius 3 is 2.63 bits per heavy atom. The van der Waals surface area contributed by atoms with E-state index in [0.29, 0.717) is 24.7 Å². The molecule has 1 heterocycles. The molecule has 0 fully saturated rings. The quantitative estimate of drug-likeness (QED) is 0.461. The summed E-state index contributed by atoms with van der Waals surface area (Å²) < 4.78 is 4.98. The number of amides is 1. The first-order chi connectivity index (χ1) is 13.0. The molecule has 1 aromatic carbocycles. The summed E-state index contributed by atoms with van der Waals surface area (Å²) in [5.41, 5.74) is 0.915. The average Bonchev–Trinajstić information content (AvgIpc) is 2.67. The predicted octanol–water partition coefficient (Wildman–Crippen LogP) is 4.20. The van der Waals surface area contributed by atoms with Crippen LogP contribution >= 0.6 is 23.4 Å². The van der Waals surface area contributed by atoms with E-state index in [4.69, 9.17) is 16.3 Å². The van der Waals surface area contributed by atoms with Crippen LogP contribution in [0.5, 0.6) is 0 Å². The highest BCUT2D eigenvalue weighted by atomic mass is 35.5. The minimum atomic E-state index is -0.306. The number of rotatable bonds is 9. The second-order valence-corrected chi connectivity index (χ2v) is 7.74. The zero-order chi connectivity index (χ0) is 19.6. The number of benzene rings is 1. The smallest absolute Gasteiger partial charge is 0.307 e. The molecule has 0 aliphatic rings. The van der Waals surface area contributed by atoms with Gasteiger partial charge in [-0.3, -0.25) is 14.6 Å². The van der Waals surface area contributed by atoms with Crippen molar-refractivity contribution in [2.24, 2.45) is 0 Å². The van der Waals surface area contributed by atoms with Crippen LogP contribution in [-0.2, 0) is 20.9 Å². The van der Waals surface area contributed by atoms with Crippen LogP contribution in [0.25, 0.3) is 0 Å². The number of ether oxygens (including phenoxy) is 1. The maximum atomic E-state index is 13.0. The second kappa shape index (κ2) is 10.9. The van der Waals surface area contributed by atoms with Gasteiger partial charge in [0.15, 0.2) is 0 Å². The molecule has 1 aromatic heterocycles. The standard InChI is InChI=1S/C20H23ClN2O3S/c1-3-26-19(24)10-12-23(14-16-5-4-11-22-13-16)20(25)15(2)27-18-8-6-17(21)7-9-18/h4-9,11,13,15H,3,10,12,14H2,1-2H3. The minimum Gasteiger partial charge on any atom is -0.466 e. The molecule has 144 valence electrons. The van der Waals surface area contributed by atoms with E-state index in [-0.39, 0.29) is 23.5 Å². The normalized spacial score (nSPS) is 11.7. The fraction of sp³-hybridized carbons (Fsp3) is 0.350. The summed E-state index contributed by atoms with van der Waals surface area (Å²) in [6, 6.07) is 11.1. The van der Waals surface area contributed by atoms with E-state index >= 15 is 0 Å². The number of aromatic nitrogens is 1. The van der Waals surface area contributed by atoms with E-state index in [2.05, 4.69) is 4.98 Å². The summed E-state index contributed by atoms with van der Waals surface area (Å²) in [5.74, 6) is -0.345. The molecule has 2 aromatic rings. The molecule has 0 saturated carbocycles. The fourth-order valence-corrected chi connectivity index (χ4v) is 3.54. The summed E-state index contributed by atoms with van der Waals surface area (Å²) in [6.45, 7) is 4.66. The monoisotopic (exact) mass is 406 g/mol. The number of esters is 1. The van der Waals surface area contributed by atoms with Crippen molar-refractivity contribution in [3.8, 4) is 0 Å². The second-order valence-electron chi connectivity index (χ2n) is 5.89. The molecule has 0 N–H and O–H groups in total. The van der Waals surface area contributed by atoms with Gasteiger partial charge in [0.2, 0.25) is 5.91 Å². The number of hydrogen-bond acceptors (Lipinski definition) is 5. The van der Waals surface area contributed by atoms with Crippen LogP contribution in [0.2, 0.25) is 5.02 Å². The van der Waals surface area contributed by atoms with Gasteiger partial charge in [0.1, 0.15) is 0 Å². The van der Waals surface area contributed by atoms with E-state index in [1.165, 1.54) is 11.8 Å². The fourth-order valence-electron chi connectivity index (χ4n) is 2.46. The Kier molecular flexibility index (Phi) is 8.61. The highest BCUT2D eigenvalue weighted by Crippen LogP contribution is 2.26. The predicted molar refractivity (Wildman–Crippen MR) is 108 cm³/mol. The highest BCUT2D eigenvalue weighted by molar-refractivity contribution is 8.00. The van der Waals surface area contributed by atoms with Gasteiger partial charge in [-0.1, -0.05) is 17.7 Å². The first-order valence-corrected chi connectivity index (χ1v) is 10.0. The molecule has 0 radical (unpaired) electrons. The number of halogens is 1. The molecule has 27 heavy (non-hydrogen) atoms. The van der Waals surface area contributed by atoms with Gasteiger partial charge in [-0.15, -0.1) is 11.8 Å². The van der Waals surface area contributed by atoms with Crippen molar-refractivity contribution >= 4 is 35.2 Å². The minimum absolute atomic E-state index is 0.0388. The number of carbonyl (C=O) groups excluding carboxylic acids is 2. The van der Waals surface area contributed by atoms with E-state index in [0.717, 1.165) is 10.5 Å². The van der Waals surface area contributed by atoms with Crippen molar-refractivity contribution in [3.63, 3.8) is 0 Å². The largest absolute Gasteiger partial charge is 0.466 e. The van der Waals surface area contributed by atoms with Crippen LogP contribution in [0, 0.1) is 0 Å². The molecule has 0 aliphatic carbocycles. The van der Waals surface area contributed by atoms with Gasteiger partial charge in [0.25, 0.3) is 0 Å². The molecule has 0 spiro atoms. The number of pyridine rings is 1. The summed E-state index contributed by atoms with van der Waals surface area (Å²) in [4.78, 5) is 31.5. The van der Waals surface area contributed by atoms with Gasteiger partial charge < -0.3 is 9.64 Å². The van der Waals surface area contributed by atoms with E-state index < -0.39 is 0 Å². The van der Waals surface area contributed by atoms with Crippen LogP contribution in [0.15, 0.2) is 53.7 Å². The molecule has 2 rings (SSSR count). The van der Waals surface area contributed by atoms with Gasteiger partial charge in [-0.25, -0.2) is 0 Å². The molecule has 0 bridgehead atoms. The van der Waals surface area contributed by atoms with Crippen LogP contribution < -0.4 is 0 Å². The Labute approximate surface area is 169 Å². The third kappa shape index (κ3) is 7.23. The van der Waals surface area contributed by atoms with Crippen molar-refractivity contribution in [2.45, 2.75) is 37.0 Å². The Balaban J connectivity index is 2.05. The van der Waals surface area contributed by atoms with Gasteiger partial charge in [0.05, 0.1) is 18.3 Å². The maximum Gasteiger partial charge on any atom is 0.307 e. The molecule has 7 heteroatoms. The first-order valence-electron chi connectivity index (χ1n) is 8.75.